The summed E-state index contributed by atoms with van der Waals surface area (Å²) >= 11 is 1.25. The zero-order valence-electron chi connectivity index (χ0n) is 11.3. The average molecular weight is 317 g/mol. The minimum atomic E-state index is -3.42. The first-order valence-corrected chi connectivity index (χ1v) is 8.83. The highest BCUT2D eigenvalue weighted by molar-refractivity contribution is 7.91. The molecule has 2 rings (SSSR count). The van der Waals surface area contributed by atoms with Gasteiger partial charge in [0.25, 0.3) is 0 Å². The first kappa shape index (κ1) is 15.4. The first-order chi connectivity index (χ1) is 9.47. The molecule has 0 aliphatic carbocycles. The fourth-order valence-corrected chi connectivity index (χ4v) is 4.67. The van der Waals surface area contributed by atoms with Gasteiger partial charge >= 0.3 is 0 Å². The molecule has 3 N–H and O–H groups in total. The van der Waals surface area contributed by atoms with Crippen LogP contribution in [0.1, 0.15) is 18.2 Å². The normalized spacial score (nSPS) is 19.1. The van der Waals surface area contributed by atoms with Crippen LogP contribution in [0.3, 0.4) is 0 Å². The Labute approximate surface area is 123 Å². The maximum atomic E-state index is 12.2. The van der Waals surface area contributed by atoms with Gasteiger partial charge in [-0.15, -0.1) is 11.3 Å². The molecular formula is C12H19N3O3S2. The van der Waals surface area contributed by atoms with E-state index in [1.807, 2.05) is 0 Å². The topological polar surface area (TPSA) is 87.3 Å². The lowest BCUT2D eigenvalue weighted by Crippen LogP contribution is -2.35. The van der Waals surface area contributed by atoms with E-state index in [0.29, 0.717) is 23.7 Å². The summed E-state index contributed by atoms with van der Waals surface area (Å²) in [5.74, 6) is -0.0789. The van der Waals surface area contributed by atoms with Crippen LogP contribution in [0.4, 0.5) is 0 Å². The van der Waals surface area contributed by atoms with E-state index in [-0.39, 0.29) is 11.9 Å². The van der Waals surface area contributed by atoms with Gasteiger partial charge in [0.05, 0.1) is 0 Å². The third-order valence-corrected chi connectivity index (χ3v) is 6.19. The number of thiophene rings is 1. The van der Waals surface area contributed by atoms with Gasteiger partial charge < -0.3 is 10.6 Å². The number of carbonyl (C=O) groups excluding carboxylic acids is 1. The predicted molar refractivity (Wildman–Crippen MR) is 78.3 cm³/mol. The Morgan fingerprint density at radius 2 is 2.30 bits per heavy atom. The molecule has 1 amide bonds. The van der Waals surface area contributed by atoms with Crippen LogP contribution in [0.25, 0.3) is 0 Å². The summed E-state index contributed by atoms with van der Waals surface area (Å²) in [5.41, 5.74) is 0. The Balaban J connectivity index is 1.94. The Morgan fingerprint density at radius 3 is 2.95 bits per heavy atom. The highest BCUT2D eigenvalue weighted by atomic mass is 32.2. The highest BCUT2D eigenvalue weighted by Gasteiger charge is 2.23. The van der Waals surface area contributed by atoms with Gasteiger partial charge in [0, 0.05) is 30.9 Å². The molecule has 112 valence electrons. The van der Waals surface area contributed by atoms with Crippen molar-refractivity contribution < 1.29 is 13.2 Å². The second-order valence-corrected chi connectivity index (χ2v) is 7.87. The predicted octanol–water partition coefficient (Wildman–Crippen LogP) is 0.0669. The molecule has 6 nitrogen and oxygen atoms in total. The van der Waals surface area contributed by atoms with Gasteiger partial charge in [-0.1, -0.05) is 0 Å². The number of hydrogen-bond donors (Lipinski definition) is 3. The number of amides is 1. The maximum absolute atomic E-state index is 12.2. The van der Waals surface area contributed by atoms with Gasteiger partial charge in [-0.25, -0.2) is 13.1 Å². The maximum Gasteiger partial charge on any atom is 0.250 e. The van der Waals surface area contributed by atoms with Crippen LogP contribution in [0, 0.1) is 0 Å². The molecule has 1 atom stereocenters. The molecule has 2 heterocycles. The standard InChI is InChI=1S/C12H19N3O3S2/c1-9(16)14-7-5-11-2-3-12(19-11)20(17,18)15-10-4-6-13-8-10/h2-3,10,13,15H,4-8H2,1H3,(H,14,16). The molecule has 0 saturated carbocycles. The molecule has 0 radical (unpaired) electrons. The molecule has 1 fully saturated rings. The summed E-state index contributed by atoms with van der Waals surface area (Å²) in [4.78, 5) is 11.7. The summed E-state index contributed by atoms with van der Waals surface area (Å²) < 4.78 is 27.4. The fourth-order valence-electron chi connectivity index (χ4n) is 2.03. The molecule has 1 aromatic heterocycles. The first-order valence-electron chi connectivity index (χ1n) is 6.53. The summed E-state index contributed by atoms with van der Waals surface area (Å²) in [7, 11) is -3.42. The molecule has 1 unspecified atom stereocenters. The van der Waals surface area contributed by atoms with Crippen LogP contribution in [0.5, 0.6) is 0 Å². The third-order valence-electron chi connectivity index (χ3n) is 3.03. The second-order valence-electron chi connectivity index (χ2n) is 4.76. The van der Waals surface area contributed by atoms with E-state index in [9.17, 15) is 13.2 Å². The molecule has 20 heavy (non-hydrogen) atoms. The van der Waals surface area contributed by atoms with E-state index in [4.69, 9.17) is 0 Å². The Hall–Kier alpha value is -0.960. The van der Waals surface area contributed by atoms with Crippen molar-refractivity contribution in [3.63, 3.8) is 0 Å². The minimum absolute atomic E-state index is 0.0232. The van der Waals surface area contributed by atoms with E-state index >= 15 is 0 Å². The number of carbonyl (C=O) groups is 1. The van der Waals surface area contributed by atoms with Crippen molar-refractivity contribution in [3.8, 4) is 0 Å². The highest BCUT2D eigenvalue weighted by Crippen LogP contribution is 2.22. The van der Waals surface area contributed by atoms with Crippen molar-refractivity contribution in [1.82, 2.24) is 15.4 Å². The molecule has 1 saturated heterocycles. The third kappa shape index (κ3) is 4.27. The van der Waals surface area contributed by atoms with Gasteiger partial charge in [-0.05, 0) is 31.5 Å². The molecule has 8 heteroatoms. The van der Waals surface area contributed by atoms with Crippen LogP contribution >= 0.6 is 11.3 Å². The van der Waals surface area contributed by atoms with Gasteiger partial charge in [0.2, 0.25) is 15.9 Å². The van der Waals surface area contributed by atoms with Crippen LogP contribution in [0.15, 0.2) is 16.3 Å². The van der Waals surface area contributed by atoms with Gasteiger partial charge in [0.15, 0.2) is 0 Å². The zero-order chi connectivity index (χ0) is 14.6. The van der Waals surface area contributed by atoms with E-state index in [1.54, 1.807) is 12.1 Å². The van der Waals surface area contributed by atoms with Crippen molar-refractivity contribution in [2.75, 3.05) is 19.6 Å². The molecule has 0 bridgehead atoms. The molecule has 1 aromatic rings. The summed E-state index contributed by atoms with van der Waals surface area (Å²) in [6, 6.07) is 3.40. The largest absolute Gasteiger partial charge is 0.356 e. The second kappa shape index (κ2) is 6.66. The number of sulfonamides is 1. The quantitative estimate of drug-likeness (QED) is 0.693. The lowest BCUT2D eigenvalue weighted by molar-refractivity contribution is -0.118. The smallest absolute Gasteiger partial charge is 0.250 e. The lowest BCUT2D eigenvalue weighted by atomic mass is 10.3. The molecule has 0 spiro atoms. The zero-order valence-corrected chi connectivity index (χ0v) is 12.9. The van der Waals surface area contributed by atoms with E-state index < -0.39 is 10.0 Å². The van der Waals surface area contributed by atoms with Gasteiger partial charge in [0.1, 0.15) is 4.21 Å². The van der Waals surface area contributed by atoms with E-state index in [1.165, 1.54) is 18.3 Å². The number of hydrogen-bond acceptors (Lipinski definition) is 5. The van der Waals surface area contributed by atoms with Crippen LogP contribution in [0.2, 0.25) is 0 Å². The number of rotatable bonds is 6. The minimum Gasteiger partial charge on any atom is -0.356 e. The summed E-state index contributed by atoms with van der Waals surface area (Å²) in [5, 5.41) is 5.82. The number of nitrogens with one attached hydrogen (secondary N) is 3. The van der Waals surface area contributed by atoms with E-state index in [0.717, 1.165) is 17.8 Å². The SMILES string of the molecule is CC(=O)NCCc1ccc(S(=O)(=O)NC2CCNC2)s1. The average Bonchev–Trinajstić information content (AvgIpc) is 2.99. The monoisotopic (exact) mass is 317 g/mol. The van der Waals surface area contributed by atoms with Crippen molar-refractivity contribution in [2.24, 2.45) is 0 Å². The van der Waals surface area contributed by atoms with Crippen molar-refractivity contribution in [2.45, 2.75) is 30.0 Å². The molecule has 1 aliphatic heterocycles. The van der Waals surface area contributed by atoms with E-state index in [2.05, 4.69) is 15.4 Å². The Morgan fingerprint density at radius 1 is 1.50 bits per heavy atom. The van der Waals surface area contributed by atoms with Gasteiger partial charge in [-0.3, -0.25) is 4.79 Å². The van der Waals surface area contributed by atoms with Gasteiger partial charge in [-0.2, -0.15) is 0 Å². The van der Waals surface area contributed by atoms with Crippen LogP contribution < -0.4 is 15.4 Å². The molecular weight excluding hydrogens is 298 g/mol. The van der Waals surface area contributed by atoms with Crippen molar-refractivity contribution in [3.05, 3.63) is 17.0 Å². The van der Waals surface area contributed by atoms with Crippen LogP contribution in [-0.4, -0.2) is 40.0 Å². The Kier molecular flexibility index (Phi) is 5.14. The molecule has 0 aromatic carbocycles. The lowest BCUT2D eigenvalue weighted by Gasteiger charge is -2.10. The van der Waals surface area contributed by atoms with Crippen molar-refractivity contribution >= 4 is 27.3 Å². The fraction of sp³-hybridized carbons (Fsp3) is 0.583. The summed E-state index contributed by atoms with van der Waals surface area (Å²) in [6.45, 7) is 3.51. The Bertz CT molecular complexity index is 562. The van der Waals surface area contributed by atoms with Crippen molar-refractivity contribution in [1.29, 1.82) is 0 Å². The van der Waals surface area contributed by atoms with Crippen LogP contribution in [-0.2, 0) is 21.2 Å². The molecule has 1 aliphatic rings. The summed E-state index contributed by atoms with van der Waals surface area (Å²) in [6.07, 6.45) is 1.46.